The van der Waals surface area contributed by atoms with Crippen molar-refractivity contribution in [3.05, 3.63) is 28.8 Å². The van der Waals surface area contributed by atoms with Crippen LogP contribution in [0, 0.1) is 5.21 Å². The van der Waals surface area contributed by atoms with Crippen molar-refractivity contribution < 1.29 is 9.86 Å². The number of hydrogen-bond donors (Lipinski definition) is 2. The summed E-state index contributed by atoms with van der Waals surface area (Å²) in [4.78, 5) is 10.9. The van der Waals surface area contributed by atoms with Crippen molar-refractivity contribution in [1.82, 2.24) is 0 Å². The van der Waals surface area contributed by atoms with Crippen LogP contribution < -0.4 is 10.8 Å². The number of rotatable bonds is 3. The largest absolute Gasteiger partial charge is 0.629 e. The fraction of sp³-hybridized carbons (Fsp3) is 0.375. The Morgan fingerprint density at radius 2 is 2.00 bits per heavy atom. The van der Waals surface area contributed by atoms with Gasteiger partial charge >= 0.3 is 0 Å². The van der Waals surface area contributed by atoms with Crippen molar-refractivity contribution in [1.29, 1.82) is 0 Å². The molecule has 4 heteroatoms. The van der Waals surface area contributed by atoms with Crippen LogP contribution in [-0.2, 0) is 4.79 Å². The summed E-state index contributed by atoms with van der Waals surface area (Å²) in [5.74, 6) is -0.113. The molecule has 0 aromatic carbocycles. The van der Waals surface area contributed by atoms with Crippen LogP contribution in [0.1, 0.15) is 13.8 Å². The third kappa shape index (κ3) is 2.86. The number of Topliss-reactive ketones (excluding diaryl/α,β-unsaturated/α-hetero) is 1. The molecule has 0 rings (SSSR count). The maximum atomic E-state index is 11.0. The minimum absolute atomic E-state index is 0.113. The second kappa shape index (κ2) is 4.69. The Hall–Kier alpha value is -1.13. The minimum atomic E-state index is -0.149. The van der Waals surface area contributed by atoms with E-state index < -0.39 is 0 Å². The van der Waals surface area contributed by atoms with Gasteiger partial charge in [-0.15, -0.1) is 0 Å². The van der Waals surface area contributed by atoms with Gasteiger partial charge in [0.2, 0.25) is 0 Å². The van der Waals surface area contributed by atoms with Crippen LogP contribution in [0.4, 0.5) is 0 Å². The van der Waals surface area contributed by atoms with E-state index in [0.717, 1.165) is 0 Å². The molecule has 1 unspecified atom stereocenters. The maximum Gasteiger partial charge on any atom is 0.161 e. The highest BCUT2D eigenvalue weighted by atomic mass is 16.5. The Bertz CT molecular complexity index is 229. The molecule has 0 amide bonds. The average Bonchev–Trinajstić information content (AvgIpc) is 1.98. The first-order chi connectivity index (χ1) is 5.50. The number of hydroxylamine groups is 2. The predicted molar refractivity (Wildman–Crippen MR) is 47.0 cm³/mol. The van der Waals surface area contributed by atoms with Crippen molar-refractivity contribution in [3.63, 3.8) is 0 Å². The highest BCUT2D eigenvalue weighted by molar-refractivity contribution is 5.93. The molecule has 0 aromatic heterocycles. The summed E-state index contributed by atoms with van der Waals surface area (Å²) in [5.41, 5.74) is 5.95. The Morgan fingerprint density at radius 1 is 1.50 bits per heavy atom. The zero-order valence-electron chi connectivity index (χ0n) is 7.55. The first kappa shape index (κ1) is 10.9. The van der Waals surface area contributed by atoms with Gasteiger partial charge in [0.25, 0.3) is 0 Å². The van der Waals surface area contributed by atoms with Gasteiger partial charge in [-0.25, -0.2) is 0 Å². The van der Waals surface area contributed by atoms with Gasteiger partial charge in [-0.1, -0.05) is 0 Å². The Labute approximate surface area is 71.9 Å². The van der Waals surface area contributed by atoms with Crippen LogP contribution in [0.25, 0.3) is 0 Å². The molecule has 0 aliphatic rings. The van der Waals surface area contributed by atoms with E-state index in [4.69, 9.17) is 5.73 Å². The van der Waals surface area contributed by atoms with Crippen molar-refractivity contribution in [2.75, 3.05) is 7.05 Å². The molecule has 4 nitrogen and oxygen atoms in total. The molecule has 1 atom stereocenters. The van der Waals surface area contributed by atoms with Crippen LogP contribution >= 0.6 is 0 Å². The second-order valence-electron chi connectivity index (χ2n) is 2.51. The van der Waals surface area contributed by atoms with E-state index in [2.05, 4.69) is 0 Å². The molecule has 68 valence electrons. The Kier molecular flexibility index (Phi) is 4.25. The standard InChI is InChI=1S/C8H14N2O2/c1-6(7(2)11)8(4-5-9)10(3)12/h4-5,10H,9H2,1-3H3/b5-4-,8-6-. The maximum absolute atomic E-state index is 11.0. The molecule has 0 aliphatic heterocycles. The predicted octanol–water partition coefficient (Wildman–Crippen LogP) is -0.666. The molecule has 0 aromatic rings. The lowest BCUT2D eigenvalue weighted by Crippen LogP contribution is -3.01. The first-order valence-electron chi connectivity index (χ1n) is 3.61. The number of likely N-dealkylation sites (N-methyl/N-ethyl adjacent to an activating group) is 1. The van der Waals surface area contributed by atoms with E-state index in [1.807, 2.05) is 0 Å². The van der Waals surface area contributed by atoms with Gasteiger partial charge in [-0.05, 0) is 20.0 Å². The van der Waals surface area contributed by atoms with Gasteiger partial charge in [0.05, 0.1) is 12.6 Å². The van der Waals surface area contributed by atoms with E-state index in [1.165, 1.54) is 26.2 Å². The summed E-state index contributed by atoms with van der Waals surface area (Å²) < 4.78 is 0. The Morgan fingerprint density at radius 3 is 2.25 bits per heavy atom. The van der Waals surface area contributed by atoms with Crippen molar-refractivity contribution in [2.45, 2.75) is 13.8 Å². The van der Waals surface area contributed by atoms with Gasteiger partial charge in [-0.2, -0.15) is 0 Å². The zero-order valence-corrected chi connectivity index (χ0v) is 7.55. The number of nitrogens with one attached hydrogen (secondary N) is 1. The number of hydrogen-bond acceptors (Lipinski definition) is 3. The van der Waals surface area contributed by atoms with E-state index in [0.29, 0.717) is 11.3 Å². The lowest BCUT2D eigenvalue weighted by Gasteiger charge is -2.18. The Balaban J connectivity index is 4.93. The molecule has 0 saturated heterocycles. The smallest absolute Gasteiger partial charge is 0.161 e. The van der Waals surface area contributed by atoms with E-state index in [1.54, 1.807) is 6.92 Å². The van der Waals surface area contributed by atoms with Crippen LogP contribution in [0.15, 0.2) is 23.5 Å². The first-order valence-corrected chi connectivity index (χ1v) is 3.61. The molecular formula is C8H14N2O2. The molecule has 0 spiro atoms. The van der Waals surface area contributed by atoms with Gasteiger partial charge in [0.15, 0.2) is 5.78 Å². The van der Waals surface area contributed by atoms with Gasteiger partial charge in [-0.3, -0.25) is 4.79 Å². The third-order valence-corrected chi connectivity index (χ3v) is 1.57. The molecule has 0 fully saturated rings. The van der Waals surface area contributed by atoms with Crippen LogP contribution in [0.5, 0.6) is 0 Å². The quantitative estimate of drug-likeness (QED) is 0.335. The molecular weight excluding hydrogens is 156 g/mol. The second-order valence-corrected chi connectivity index (χ2v) is 2.51. The highest BCUT2D eigenvalue weighted by Gasteiger charge is 2.07. The summed E-state index contributed by atoms with van der Waals surface area (Å²) in [7, 11) is 1.40. The average molecular weight is 170 g/mol. The summed E-state index contributed by atoms with van der Waals surface area (Å²) in [6.45, 7) is 3.03. The number of nitrogens with two attached hydrogens (primary N) is 1. The normalized spacial score (nSPS) is 16.0. The lowest BCUT2D eigenvalue weighted by molar-refractivity contribution is -0.779. The molecule has 12 heavy (non-hydrogen) atoms. The van der Waals surface area contributed by atoms with Crippen LogP contribution in [0.2, 0.25) is 0 Å². The van der Waals surface area contributed by atoms with E-state index >= 15 is 0 Å². The summed E-state index contributed by atoms with van der Waals surface area (Å²) in [6.07, 6.45) is 2.70. The minimum Gasteiger partial charge on any atom is -0.629 e. The van der Waals surface area contributed by atoms with Crippen molar-refractivity contribution in [2.24, 2.45) is 5.73 Å². The molecule has 0 heterocycles. The monoisotopic (exact) mass is 170 g/mol. The lowest BCUT2D eigenvalue weighted by atomic mass is 10.1. The number of quaternary nitrogens is 1. The molecule has 0 aliphatic carbocycles. The van der Waals surface area contributed by atoms with Crippen molar-refractivity contribution >= 4 is 5.78 Å². The van der Waals surface area contributed by atoms with Crippen molar-refractivity contribution in [3.8, 4) is 0 Å². The van der Waals surface area contributed by atoms with Gasteiger partial charge in [0, 0.05) is 6.08 Å². The van der Waals surface area contributed by atoms with Gasteiger partial charge in [0.1, 0.15) is 5.70 Å². The molecule has 0 saturated carbocycles. The summed E-state index contributed by atoms with van der Waals surface area (Å²) >= 11 is 0. The summed E-state index contributed by atoms with van der Waals surface area (Å²) in [6, 6.07) is 0. The zero-order chi connectivity index (χ0) is 9.72. The number of carbonyl (C=O) groups excluding carboxylic acids is 1. The summed E-state index contributed by atoms with van der Waals surface area (Å²) in [5, 5.41) is 10.8. The number of ketones is 1. The number of carbonyl (C=O) groups is 1. The highest BCUT2D eigenvalue weighted by Crippen LogP contribution is 1.99. The molecule has 3 N–H and O–H groups in total. The van der Waals surface area contributed by atoms with Crippen LogP contribution in [0.3, 0.4) is 0 Å². The van der Waals surface area contributed by atoms with Crippen LogP contribution in [-0.4, -0.2) is 12.8 Å². The SMILES string of the molecule is CC(=O)/C(C)=C(/C=C\N)[NH+](C)[O-]. The van der Waals surface area contributed by atoms with E-state index in [9.17, 15) is 10.0 Å². The number of allylic oxidation sites excluding steroid dienone is 2. The fourth-order valence-electron chi connectivity index (χ4n) is 0.792. The topological polar surface area (TPSA) is 70.6 Å². The molecule has 0 bridgehead atoms. The fourth-order valence-corrected chi connectivity index (χ4v) is 0.792. The van der Waals surface area contributed by atoms with E-state index in [-0.39, 0.29) is 10.8 Å². The molecule has 0 radical (unpaired) electrons. The third-order valence-electron chi connectivity index (χ3n) is 1.57. The van der Waals surface area contributed by atoms with Gasteiger partial charge < -0.3 is 16.0 Å².